The summed E-state index contributed by atoms with van der Waals surface area (Å²) in [4.78, 5) is 2.32. The van der Waals surface area contributed by atoms with Crippen LogP contribution < -0.4 is 4.90 Å². The molecule has 0 aliphatic carbocycles. The van der Waals surface area contributed by atoms with E-state index in [4.69, 9.17) is 16.3 Å². The van der Waals surface area contributed by atoms with Crippen LogP contribution in [0, 0.1) is 0 Å². The summed E-state index contributed by atoms with van der Waals surface area (Å²) in [6.07, 6.45) is 0.326. The van der Waals surface area contributed by atoms with E-state index in [9.17, 15) is 0 Å². The summed E-state index contributed by atoms with van der Waals surface area (Å²) in [6, 6.07) is 2.02. The van der Waals surface area contributed by atoms with Crippen molar-refractivity contribution < 1.29 is 4.74 Å². The van der Waals surface area contributed by atoms with Crippen LogP contribution >= 0.6 is 22.9 Å². The third-order valence-corrected chi connectivity index (χ3v) is 3.24. The number of hydrogen-bond donors (Lipinski definition) is 0. The van der Waals surface area contributed by atoms with Gasteiger partial charge in [-0.15, -0.1) is 11.3 Å². The van der Waals surface area contributed by atoms with Crippen LogP contribution in [0.2, 0.25) is 4.34 Å². The van der Waals surface area contributed by atoms with Crippen LogP contribution in [0.5, 0.6) is 0 Å². The number of hydrogen-bond acceptors (Lipinski definition) is 3. The lowest BCUT2D eigenvalue weighted by Crippen LogP contribution is -2.40. The van der Waals surface area contributed by atoms with Gasteiger partial charge in [-0.25, -0.2) is 0 Å². The van der Waals surface area contributed by atoms with Crippen molar-refractivity contribution in [1.29, 1.82) is 0 Å². The third kappa shape index (κ3) is 2.16. The Balaban J connectivity index is 2.08. The molecular formula is C9H12ClNOS. The molecule has 0 amide bonds. The Morgan fingerprint density at radius 3 is 3.15 bits per heavy atom. The normalized spacial score (nSPS) is 23.5. The van der Waals surface area contributed by atoms with Crippen LogP contribution in [0.3, 0.4) is 0 Å². The van der Waals surface area contributed by atoms with Gasteiger partial charge in [0.25, 0.3) is 0 Å². The summed E-state index contributed by atoms with van der Waals surface area (Å²) < 4.78 is 6.32. The standard InChI is InChI=1S/C9H12ClNOS/c1-7-5-11(2-3-12-7)8-4-9(10)13-6-8/h4,6-7H,2-3,5H2,1H3. The SMILES string of the molecule is CC1CN(c2csc(Cl)c2)CCO1. The van der Waals surface area contributed by atoms with E-state index in [0.717, 1.165) is 24.0 Å². The molecule has 1 unspecified atom stereocenters. The van der Waals surface area contributed by atoms with Gasteiger partial charge < -0.3 is 9.64 Å². The average molecular weight is 218 g/mol. The fraction of sp³-hybridized carbons (Fsp3) is 0.556. The van der Waals surface area contributed by atoms with E-state index in [0.29, 0.717) is 6.10 Å². The molecule has 0 N–H and O–H groups in total. The molecule has 0 bridgehead atoms. The molecule has 72 valence electrons. The third-order valence-electron chi connectivity index (χ3n) is 2.16. The second kappa shape index (κ2) is 3.86. The smallest absolute Gasteiger partial charge is 0.0949 e. The summed E-state index contributed by atoms with van der Waals surface area (Å²) in [6.45, 7) is 4.85. The zero-order valence-corrected chi connectivity index (χ0v) is 9.07. The Morgan fingerprint density at radius 1 is 1.69 bits per heavy atom. The van der Waals surface area contributed by atoms with E-state index in [-0.39, 0.29) is 0 Å². The molecule has 2 rings (SSSR count). The lowest BCUT2D eigenvalue weighted by molar-refractivity contribution is 0.0532. The molecule has 4 heteroatoms. The Morgan fingerprint density at radius 2 is 2.54 bits per heavy atom. The van der Waals surface area contributed by atoms with Crippen molar-refractivity contribution in [2.24, 2.45) is 0 Å². The zero-order chi connectivity index (χ0) is 9.26. The largest absolute Gasteiger partial charge is 0.375 e. The molecule has 0 radical (unpaired) electrons. The summed E-state index contributed by atoms with van der Waals surface area (Å²) in [5.41, 5.74) is 1.23. The summed E-state index contributed by atoms with van der Waals surface area (Å²) >= 11 is 7.46. The van der Waals surface area contributed by atoms with E-state index >= 15 is 0 Å². The second-order valence-corrected chi connectivity index (χ2v) is 4.78. The summed E-state index contributed by atoms with van der Waals surface area (Å²) in [5, 5.41) is 2.10. The fourth-order valence-corrected chi connectivity index (χ4v) is 2.40. The average Bonchev–Trinajstić information content (AvgIpc) is 2.52. The maximum Gasteiger partial charge on any atom is 0.0949 e. The molecule has 1 fully saturated rings. The first kappa shape index (κ1) is 9.31. The quantitative estimate of drug-likeness (QED) is 0.717. The second-order valence-electron chi connectivity index (χ2n) is 3.24. The van der Waals surface area contributed by atoms with Crippen molar-refractivity contribution in [3.63, 3.8) is 0 Å². The molecule has 0 aromatic carbocycles. The predicted molar refractivity (Wildman–Crippen MR) is 57.0 cm³/mol. The maximum absolute atomic E-state index is 5.88. The molecule has 1 aliphatic heterocycles. The van der Waals surface area contributed by atoms with Crippen LogP contribution in [0.15, 0.2) is 11.4 Å². The number of anilines is 1. The van der Waals surface area contributed by atoms with Gasteiger partial charge >= 0.3 is 0 Å². The number of ether oxygens (including phenoxy) is 1. The van der Waals surface area contributed by atoms with Gasteiger partial charge in [0.1, 0.15) is 0 Å². The number of halogens is 1. The first-order valence-corrected chi connectivity index (χ1v) is 5.62. The molecule has 1 aromatic heterocycles. The van der Waals surface area contributed by atoms with Gasteiger partial charge in [-0.1, -0.05) is 11.6 Å². The Hall–Kier alpha value is -0.250. The Kier molecular flexibility index (Phi) is 2.77. The van der Waals surface area contributed by atoms with Crippen molar-refractivity contribution in [1.82, 2.24) is 0 Å². The number of nitrogens with zero attached hydrogens (tertiary/aromatic N) is 1. The Bertz CT molecular complexity index is 289. The molecular weight excluding hydrogens is 206 g/mol. The lowest BCUT2D eigenvalue weighted by Gasteiger charge is -2.32. The van der Waals surface area contributed by atoms with E-state index in [1.165, 1.54) is 5.69 Å². The van der Waals surface area contributed by atoms with Gasteiger partial charge in [0, 0.05) is 24.2 Å². The van der Waals surface area contributed by atoms with Crippen LogP contribution in [-0.4, -0.2) is 25.8 Å². The number of morpholine rings is 1. The minimum absolute atomic E-state index is 0.326. The van der Waals surface area contributed by atoms with E-state index < -0.39 is 0 Å². The first-order chi connectivity index (χ1) is 6.25. The van der Waals surface area contributed by atoms with Crippen LogP contribution in [-0.2, 0) is 4.74 Å². The van der Waals surface area contributed by atoms with Gasteiger partial charge in [-0.3, -0.25) is 0 Å². The Labute approximate surface area is 87.1 Å². The summed E-state index contributed by atoms with van der Waals surface area (Å²) in [7, 11) is 0. The van der Waals surface area contributed by atoms with E-state index in [1.54, 1.807) is 11.3 Å². The monoisotopic (exact) mass is 217 g/mol. The lowest BCUT2D eigenvalue weighted by atomic mass is 10.3. The molecule has 2 nitrogen and oxygen atoms in total. The molecule has 1 aromatic rings. The molecule has 1 saturated heterocycles. The molecule has 0 spiro atoms. The molecule has 1 aliphatic rings. The maximum atomic E-state index is 5.88. The highest BCUT2D eigenvalue weighted by atomic mass is 35.5. The van der Waals surface area contributed by atoms with Crippen LogP contribution in [0.4, 0.5) is 5.69 Å². The number of thiophene rings is 1. The molecule has 0 saturated carbocycles. The van der Waals surface area contributed by atoms with Gasteiger partial charge in [-0.2, -0.15) is 0 Å². The van der Waals surface area contributed by atoms with Crippen LogP contribution in [0.1, 0.15) is 6.92 Å². The zero-order valence-electron chi connectivity index (χ0n) is 7.50. The minimum atomic E-state index is 0.326. The van der Waals surface area contributed by atoms with Gasteiger partial charge in [0.15, 0.2) is 0 Å². The van der Waals surface area contributed by atoms with Gasteiger partial charge in [0.05, 0.1) is 17.0 Å². The van der Waals surface area contributed by atoms with Gasteiger partial charge in [-0.05, 0) is 13.0 Å². The van der Waals surface area contributed by atoms with Crippen LogP contribution in [0.25, 0.3) is 0 Å². The highest BCUT2D eigenvalue weighted by Gasteiger charge is 2.17. The molecule has 2 heterocycles. The van der Waals surface area contributed by atoms with Crippen molar-refractivity contribution in [2.75, 3.05) is 24.6 Å². The first-order valence-electron chi connectivity index (χ1n) is 4.36. The molecule has 13 heavy (non-hydrogen) atoms. The van der Waals surface area contributed by atoms with Crippen molar-refractivity contribution in [3.05, 3.63) is 15.8 Å². The van der Waals surface area contributed by atoms with Gasteiger partial charge in [0.2, 0.25) is 0 Å². The summed E-state index contributed by atoms with van der Waals surface area (Å²) in [5.74, 6) is 0. The topological polar surface area (TPSA) is 12.5 Å². The van der Waals surface area contributed by atoms with Crippen molar-refractivity contribution >= 4 is 28.6 Å². The number of rotatable bonds is 1. The fourth-order valence-electron chi connectivity index (χ4n) is 1.52. The van der Waals surface area contributed by atoms with Crippen molar-refractivity contribution in [2.45, 2.75) is 13.0 Å². The van der Waals surface area contributed by atoms with E-state index in [1.807, 2.05) is 6.07 Å². The predicted octanol–water partition coefficient (Wildman–Crippen LogP) is 2.63. The van der Waals surface area contributed by atoms with Crippen molar-refractivity contribution in [3.8, 4) is 0 Å². The minimum Gasteiger partial charge on any atom is -0.375 e. The highest BCUT2D eigenvalue weighted by Crippen LogP contribution is 2.27. The highest BCUT2D eigenvalue weighted by molar-refractivity contribution is 7.14. The molecule has 1 atom stereocenters. The van der Waals surface area contributed by atoms with E-state index in [2.05, 4.69) is 17.2 Å².